The zero-order chi connectivity index (χ0) is 13.5. The van der Waals surface area contributed by atoms with Gasteiger partial charge in [0.1, 0.15) is 12.6 Å². The van der Waals surface area contributed by atoms with Crippen LogP contribution in [-0.2, 0) is 20.7 Å². The number of rotatable bonds is 5. The Balaban J connectivity index is 2.78. The predicted molar refractivity (Wildman–Crippen MR) is 66.2 cm³/mol. The van der Waals surface area contributed by atoms with Crippen molar-refractivity contribution >= 4 is 23.5 Å². The second kappa shape index (κ2) is 6.98. The number of aliphatic hydroxyl groups excluding tert-OH is 1. The lowest BCUT2D eigenvalue weighted by atomic mass is 10.1. The summed E-state index contributed by atoms with van der Waals surface area (Å²) in [5, 5.41) is 11.6. The summed E-state index contributed by atoms with van der Waals surface area (Å²) in [4.78, 5) is 22.6. The number of esters is 1. The van der Waals surface area contributed by atoms with E-state index in [1.165, 1.54) is 7.11 Å². The first-order chi connectivity index (χ1) is 8.56. The molecular weight excluding hydrogens is 258 g/mol. The van der Waals surface area contributed by atoms with Gasteiger partial charge in [-0.1, -0.05) is 23.7 Å². The molecule has 0 aliphatic heterocycles. The Bertz CT molecular complexity index is 436. The molecule has 0 saturated heterocycles. The van der Waals surface area contributed by atoms with Crippen LogP contribution in [0, 0.1) is 0 Å². The lowest BCUT2D eigenvalue weighted by molar-refractivity contribution is -0.145. The number of nitrogens with one attached hydrogen (secondary N) is 1. The van der Waals surface area contributed by atoms with Gasteiger partial charge in [0.05, 0.1) is 7.11 Å². The van der Waals surface area contributed by atoms with Gasteiger partial charge in [0, 0.05) is 11.4 Å². The van der Waals surface area contributed by atoms with E-state index in [4.69, 9.17) is 16.7 Å². The summed E-state index contributed by atoms with van der Waals surface area (Å²) in [6, 6.07) is 6.10. The fourth-order valence-electron chi connectivity index (χ4n) is 1.48. The van der Waals surface area contributed by atoms with Gasteiger partial charge < -0.3 is 15.2 Å². The molecule has 1 rings (SSSR count). The van der Waals surface area contributed by atoms with E-state index in [1.54, 1.807) is 24.3 Å². The van der Waals surface area contributed by atoms with E-state index in [9.17, 15) is 9.59 Å². The molecule has 0 unspecified atom stereocenters. The third-order valence-corrected chi connectivity index (χ3v) is 2.53. The number of ether oxygens (including phenoxy) is 1. The van der Waals surface area contributed by atoms with Crippen molar-refractivity contribution in [3.8, 4) is 0 Å². The summed E-state index contributed by atoms with van der Waals surface area (Å²) >= 11 is 5.83. The van der Waals surface area contributed by atoms with Gasteiger partial charge in [0.15, 0.2) is 0 Å². The van der Waals surface area contributed by atoms with Crippen molar-refractivity contribution in [1.29, 1.82) is 0 Å². The van der Waals surface area contributed by atoms with Crippen LogP contribution < -0.4 is 5.32 Å². The van der Waals surface area contributed by atoms with Gasteiger partial charge in [-0.25, -0.2) is 4.79 Å². The Morgan fingerprint density at radius 2 is 2.22 bits per heavy atom. The maximum Gasteiger partial charge on any atom is 0.328 e. The van der Waals surface area contributed by atoms with Crippen LogP contribution in [0.15, 0.2) is 24.3 Å². The van der Waals surface area contributed by atoms with E-state index < -0.39 is 24.5 Å². The summed E-state index contributed by atoms with van der Waals surface area (Å²) in [7, 11) is 1.23. The molecule has 5 nitrogen and oxygen atoms in total. The second-order valence-corrected chi connectivity index (χ2v) is 4.07. The maximum absolute atomic E-state index is 11.5. The molecule has 1 atom stereocenters. The molecule has 0 spiro atoms. The van der Waals surface area contributed by atoms with Gasteiger partial charge in [0.2, 0.25) is 5.91 Å². The van der Waals surface area contributed by atoms with E-state index in [-0.39, 0.29) is 6.42 Å². The minimum Gasteiger partial charge on any atom is -0.467 e. The van der Waals surface area contributed by atoms with Crippen molar-refractivity contribution in [2.24, 2.45) is 0 Å². The van der Waals surface area contributed by atoms with Gasteiger partial charge in [-0.2, -0.15) is 0 Å². The smallest absolute Gasteiger partial charge is 0.328 e. The molecular formula is C12H14ClNO4. The fourth-order valence-corrected chi connectivity index (χ4v) is 1.69. The molecule has 0 fully saturated rings. The minimum atomic E-state index is -0.840. The molecule has 1 aromatic rings. The Morgan fingerprint density at radius 3 is 2.78 bits per heavy atom. The third kappa shape index (κ3) is 4.35. The SMILES string of the molecule is COC(=O)[C@H](Cc1cccc(Cl)c1)NC(=O)CO. The van der Waals surface area contributed by atoms with E-state index in [1.807, 2.05) is 0 Å². The largest absolute Gasteiger partial charge is 0.467 e. The Morgan fingerprint density at radius 1 is 1.50 bits per heavy atom. The highest BCUT2D eigenvalue weighted by molar-refractivity contribution is 6.30. The molecule has 0 radical (unpaired) electrons. The maximum atomic E-state index is 11.5. The number of methoxy groups -OCH3 is 1. The summed E-state index contributed by atoms with van der Waals surface area (Å²) in [5.74, 6) is -1.20. The normalized spacial score (nSPS) is 11.7. The van der Waals surface area contributed by atoms with Crippen LogP contribution in [0.25, 0.3) is 0 Å². The molecule has 0 aliphatic carbocycles. The number of benzene rings is 1. The first kappa shape index (κ1) is 14.5. The lowest BCUT2D eigenvalue weighted by Gasteiger charge is -2.16. The minimum absolute atomic E-state index is 0.249. The summed E-state index contributed by atoms with van der Waals surface area (Å²) in [5.41, 5.74) is 0.788. The van der Waals surface area contributed by atoms with Crippen LogP contribution in [-0.4, -0.2) is 36.7 Å². The highest BCUT2D eigenvalue weighted by Crippen LogP contribution is 2.12. The van der Waals surface area contributed by atoms with Gasteiger partial charge in [-0.15, -0.1) is 0 Å². The number of amides is 1. The molecule has 6 heteroatoms. The number of hydrogen-bond donors (Lipinski definition) is 2. The van der Waals surface area contributed by atoms with Crippen LogP contribution in [0.3, 0.4) is 0 Å². The quantitative estimate of drug-likeness (QED) is 0.766. The second-order valence-electron chi connectivity index (χ2n) is 3.64. The number of aliphatic hydroxyl groups is 1. The first-order valence-electron chi connectivity index (χ1n) is 5.29. The molecule has 1 amide bonds. The molecule has 18 heavy (non-hydrogen) atoms. The molecule has 0 aromatic heterocycles. The predicted octanol–water partition coefficient (Wildman–Crippen LogP) is 0.533. The molecule has 2 N–H and O–H groups in total. The number of carbonyl (C=O) groups is 2. The highest BCUT2D eigenvalue weighted by atomic mass is 35.5. The Hall–Kier alpha value is -1.59. The number of halogens is 1. The average molecular weight is 272 g/mol. The lowest BCUT2D eigenvalue weighted by Crippen LogP contribution is -2.44. The van der Waals surface area contributed by atoms with E-state index in [2.05, 4.69) is 10.1 Å². The van der Waals surface area contributed by atoms with Gasteiger partial charge in [-0.3, -0.25) is 4.79 Å². The standard InChI is InChI=1S/C12H14ClNO4/c1-18-12(17)10(14-11(16)7-15)6-8-3-2-4-9(13)5-8/h2-5,10,15H,6-7H2,1H3,(H,14,16)/t10-/m0/s1. The summed E-state index contributed by atoms with van der Waals surface area (Å²) < 4.78 is 4.59. The molecule has 1 aromatic carbocycles. The molecule has 0 saturated carbocycles. The van der Waals surface area contributed by atoms with Crippen LogP contribution in [0.1, 0.15) is 5.56 Å². The van der Waals surface area contributed by atoms with Crippen LogP contribution in [0.2, 0.25) is 5.02 Å². The van der Waals surface area contributed by atoms with Crippen molar-refractivity contribution in [1.82, 2.24) is 5.32 Å². The number of carbonyl (C=O) groups excluding carboxylic acids is 2. The van der Waals surface area contributed by atoms with Gasteiger partial charge in [0.25, 0.3) is 0 Å². The fraction of sp³-hybridized carbons (Fsp3) is 0.333. The highest BCUT2D eigenvalue weighted by Gasteiger charge is 2.21. The van der Waals surface area contributed by atoms with Crippen molar-refractivity contribution in [3.05, 3.63) is 34.9 Å². The molecule has 98 valence electrons. The zero-order valence-electron chi connectivity index (χ0n) is 9.85. The van der Waals surface area contributed by atoms with E-state index in [0.29, 0.717) is 5.02 Å². The number of hydrogen-bond acceptors (Lipinski definition) is 4. The Kier molecular flexibility index (Phi) is 5.61. The summed E-state index contributed by atoms with van der Waals surface area (Å²) in [6.45, 7) is -0.678. The van der Waals surface area contributed by atoms with Crippen molar-refractivity contribution in [2.45, 2.75) is 12.5 Å². The van der Waals surface area contributed by atoms with Crippen molar-refractivity contribution < 1.29 is 19.4 Å². The first-order valence-corrected chi connectivity index (χ1v) is 5.67. The molecule has 0 bridgehead atoms. The Labute approximate surface area is 110 Å². The molecule has 0 aliphatic rings. The van der Waals surface area contributed by atoms with Crippen LogP contribution in [0.5, 0.6) is 0 Å². The van der Waals surface area contributed by atoms with E-state index >= 15 is 0 Å². The van der Waals surface area contributed by atoms with Crippen molar-refractivity contribution in [2.75, 3.05) is 13.7 Å². The van der Waals surface area contributed by atoms with Gasteiger partial charge in [-0.05, 0) is 17.7 Å². The monoisotopic (exact) mass is 271 g/mol. The summed E-state index contributed by atoms with van der Waals surface area (Å²) in [6.07, 6.45) is 0.249. The van der Waals surface area contributed by atoms with Gasteiger partial charge >= 0.3 is 5.97 Å². The topological polar surface area (TPSA) is 75.6 Å². The van der Waals surface area contributed by atoms with E-state index in [0.717, 1.165) is 5.56 Å². The zero-order valence-corrected chi connectivity index (χ0v) is 10.6. The van der Waals surface area contributed by atoms with Crippen LogP contribution >= 0.6 is 11.6 Å². The van der Waals surface area contributed by atoms with Crippen molar-refractivity contribution in [3.63, 3.8) is 0 Å². The third-order valence-electron chi connectivity index (χ3n) is 2.29. The average Bonchev–Trinajstić information content (AvgIpc) is 2.36. The molecule has 0 heterocycles. The van der Waals surface area contributed by atoms with Crippen LogP contribution in [0.4, 0.5) is 0 Å².